The van der Waals surface area contributed by atoms with Crippen LogP contribution in [0.2, 0.25) is 0 Å². The molecule has 3 nitrogen and oxygen atoms in total. The fourth-order valence-corrected chi connectivity index (χ4v) is 2.72. The lowest BCUT2D eigenvalue weighted by Crippen LogP contribution is -2.41. The number of aromatic nitrogens is 1. The molecule has 0 fully saturated rings. The Morgan fingerprint density at radius 2 is 1.73 bits per heavy atom. The molecular formula is C18H15BrNO2+. The van der Waals surface area contributed by atoms with Crippen LogP contribution in [-0.4, -0.2) is 11.5 Å². The van der Waals surface area contributed by atoms with Gasteiger partial charge in [0.05, 0.1) is 5.39 Å². The number of carbonyl (C=O) groups excluding carboxylic acids is 1. The second-order valence-electron chi connectivity index (χ2n) is 4.91. The van der Waals surface area contributed by atoms with Crippen LogP contribution in [0.4, 0.5) is 0 Å². The van der Waals surface area contributed by atoms with Crippen molar-refractivity contribution in [2.45, 2.75) is 6.54 Å². The Labute approximate surface area is 137 Å². The summed E-state index contributed by atoms with van der Waals surface area (Å²) in [6.07, 6.45) is 1.93. The predicted octanol–water partition coefficient (Wildman–Crippen LogP) is 3.68. The van der Waals surface area contributed by atoms with Crippen molar-refractivity contribution < 1.29 is 14.1 Å². The highest BCUT2D eigenvalue weighted by molar-refractivity contribution is 9.09. The Hall–Kier alpha value is -2.20. The van der Waals surface area contributed by atoms with Gasteiger partial charge in [0, 0.05) is 11.6 Å². The third-order valence-electron chi connectivity index (χ3n) is 3.51. The summed E-state index contributed by atoms with van der Waals surface area (Å²) in [5.74, 6) is -0.329. The minimum Gasteiger partial charge on any atom is -0.446 e. The van der Waals surface area contributed by atoms with Crippen molar-refractivity contribution >= 4 is 32.7 Å². The first-order valence-electron chi connectivity index (χ1n) is 6.98. The van der Waals surface area contributed by atoms with Crippen molar-refractivity contribution in [1.82, 2.24) is 0 Å². The number of alkyl halides is 1. The number of fused-ring (bicyclic) bond motifs is 1. The monoisotopic (exact) mass is 356 g/mol. The molecule has 0 aliphatic heterocycles. The predicted molar refractivity (Wildman–Crippen MR) is 88.9 cm³/mol. The lowest BCUT2D eigenvalue weighted by Gasteiger charge is -2.07. The van der Waals surface area contributed by atoms with Gasteiger partial charge in [0.25, 0.3) is 5.69 Å². The summed E-state index contributed by atoms with van der Waals surface area (Å²) in [5.41, 5.74) is 1.89. The van der Waals surface area contributed by atoms with Gasteiger partial charge in [-0.1, -0.05) is 48.5 Å². The molecule has 110 valence electrons. The first kappa shape index (κ1) is 14.7. The zero-order valence-electron chi connectivity index (χ0n) is 11.9. The average Bonchev–Trinajstić information content (AvgIpc) is 2.55. The molecule has 0 aliphatic carbocycles. The maximum Gasteiger partial charge on any atom is 0.405 e. The zero-order valence-corrected chi connectivity index (χ0v) is 13.5. The van der Waals surface area contributed by atoms with Gasteiger partial charge in [0.15, 0.2) is 12.7 Å². The highest BCUT2D eigenvalue weighted by Gasteiger charge is 2.24. The van der Waals surface area contributed by atoms with Gasteiger partial charge in [-0.15, -0.1) is 0 Å². The molecule has 0 saturated heterocycles. The Kier molecular flexibility index (Phi) is 4.49. The van der Waals surface area contributed by atoms with Gasteiger partial charge in [-0.25, -0.2) is 4.79 Å². The van der Waals surface area contributed by atoms with Crippen molar-refractivity contribution in [2.75, 3.05) is 5.52 Å². The van der Waals surface area contributed by atoms with Crippen molar-refractivity contribution in [3.8, 4) is 0 Å². The molecule has 0 radical (unpaired) electrons. The quantitative estimate of drug-likeness (QED) is 0.405. The molecule has 0 unspecified atom stereocenters. The number of benzene rings is 2. The molecule has 0 atom stereocenters. The number of nitrogens with zero attached hydrogens (tertiary/aromatic N) is 1. The molecular weight excluding hydrogens is 342 g/mol. The summed E-state index contributed by atoms with van der Waals surface area (Å²) in [5, 5.41) is 1.92. The number of rotatable bonds is 4. The number of pyridine rings is 1. The molecule has 4 heteroatoms. The van der Waals surface area contributed by atoms with Crippen molar-refractivity contribution in [1.29, 1.82) is 0 Å². The second kappa shape index (κ2) is 6.71. The molecule has 0 spiro atoms. The smallest absolute Gasteiger partial charge is 0.405 e. The average molecular weight is 357 g/mol. The Balaban J connectivity index is 2.12. The molecule has 3 rings (SSSR count). The van der Waals surface area contributed by atoms with Crippen LogP contribution in [0.1, 0.15) is 16.1 Å². The van der Waals surface area contributed by atoms with Crippen LogP contribution in [0, 0.1) is 0 Å². The van der Waals surface area contributed by atoms with Crippen LogP contribution in [0.15, 0.2) is 66.9 Å². The van der Waals surface area contributed by atoms with Gasteiger partial charge in [-0.2, -0.15) is 4.57 Å². The fourth-order valence-electron chi connectivity index (χ4n) is 2.51. The van der Waals surface area contributed by atoms with Crippen molar-refractivity contribution in [3.63, 3.8) is 0 Å². The number of hydrogen-bond acceptors (Lipinski definition) is 2. The van der Waals surface area contributed by atoms with Gasteiger partial charge in [0.1, 0.15) is 5.52 Å². The summed E-state index contributed by atoms with van der Waals surface area (Å²) < 4.78 is 7.10. The normalized spacial score (nSPS) is 10.6. The van der Waals surface area contributed by atoms with E-state index in [9.17, 15) is 4.79 Å². The van der Waals surface area contributed by atoms with E-state index in [1.807, 2.05) is 71.4 Å². The molecule has 2 aromatic carbocycles. The number of halogens is 1. The summed E-state index contributed by atoms with van der Waals surface area (Å²) in [6, 6.07) is 19.9. The number of esters is 1. The third kappa shape index (κ3) is 3.02. The van der Waals surface area contributed by atoms with Crippen LogP contribution in [0.3, 0.4) is 0 Å². The van der Waals surface area contributed by atoms with Crippen molar-refractivity contribution in [3.05, 3.63) is 78.1 Å². The highest BCUT2D eigenvalue weighted by Crippen LogP contribution is 2.17. The fraction of sp³-hybridized carbons (Fsp3) is 0.111. The summed E-state index contributed by atoms with van der Waals surface area (Å²) in [7, 11) is 0. The van der Waals surface area contributed by atoms with E-state index in [2.05, 4.69) is 15.9 Å². The van der Waals surface area contributed by atoms with E-state index < -0.39 is 0 Å². The summed E-state index contributed by atoms with van der Waals surface area (Å²) >= 11 is 3.15. The van der Waals surface area contributed by atoms with Gasteiger partial charge >= 0.3 is 5.97 Å². The maximum atomic E-state index is 12.4. The maximum absolute atomic E-state index is 12.4. The van der Waals surface area contributed by atoms with E-state index in [1.54, 1.807) is 0 Å². The second-order valence-corrected chi connectivity index (χ2v) is 5.36. The summed E-state index contributed by atoms with van der Waals surface area (Å²) in [6.45, 7) is 0.623. The molecule has 1 aromatic heterocycles. The largest absolute Gasteiger partial charge is 0.446 e. The first-order chi connectivity index (χ1) is 10.8. The van der Waals surface area contributed by atoms with E-state index in [0.717, 1.165) is 16.3 Å². The van der Waals surface area contributed by atoms with Crippen LogP contribution in [0.25, 0.3) is 10.8 Å². The van der Waals surface area contributed by atoms with Crippen LogP contribution < -0.4 is 4.57 Å². The third-order valence-corrected chi connectivity index (χ3v) is 3.74. The summed E-state index contributed by atoms with van der Waals surface area (Å²) in [4.78, 5) is 12.4. The number of ether oxygens (including phenoxy) is 1. The van der Waals surface area contributed by atoms with E-state index >= 15 is 0 Å². The van der Waals surface area contributed by atoms with E-state index in [-0.39, 0.29) is 11.5 Å². The van der Waals surface area contributed by atoms with Crippen LogP contribution in [0.5, 0.6) is 0 Å². The lowest BCUT2D eigenvalue weighted by molar-refractivity contribution is -0.689. The van der Waals surface area contributed by atoms with E-state index in [1.165, 1.54) is 0 Å². The molecule has 0 aliphatic rings. The number of carbonyl (C=O) groups is 1. The zero-order chi connectivity index (χ0) is 15.4. The Morgan fingerprint density at radius 3 is 2.50 bits per heavy atom. The van der Waals surface area contributed by atoms with Crippen LogP contribution >= 0.6 is 15.9 Å². The minimum absolute atomic E-state index is 0.181. The van der Waals surface area contributed by atoms with Crippen LogP contribution in [-0.2, 0) is 11.3 Å². The van der Waals surface area contributed by atoms with Gasteiger partial charge < -0.3 is 4.74 Å². The molecule has 22 heavy (non-hydrogen) atoms. The Bertz CT molecular complexity index is 803. The first-order valence-corrected chi connectivity index (χ1v) is 8.10. The highest BCUT2D eigenvalue weighted by atomic mass is 79.9. The molecule has 0 saturated carbocycles. The topological polar surface area (TPSA) is 30.2 Å². The van der Waals surface area contributed by atoms with Gasteiger partial charge in [-0.3, -0.25) is 0 Å². The van der Waals surface area contributed by atoms with E-state index in [4.69, 9.17) is 4.74 Å². The molecule has 0 amide bonds. The lowest BCUT2D eigenvalue weighted by atomic mass is 10.1. The Morgan fingerprint density at radius 1 is 1.00 bits per heavy atom. The van der Waals surface area contributed by atoms with E-state index in [0.29, 0.717) is 12.2 Å². The van der Waals surface area contributed by atoms with Crippen molar-refractivity contribution in [2.24, 2.45) is 0 Å². The van der Waals surface area contributed by atoms with Gasteiger partial charge in [-0.05, 0) is 27.4 Å². The molecule has 1 heterocycles. The number of hydrogen-bond donors (Lipinski definition) is 0. The molecule has 0 N–H and O–H groups in total. The molecule has 0 bridgehead atoms. The minimum atomic E-state index is -0.329. The standard InChI is InChI=1S/C18H15BrNO2/c19-13-22-18(21)17-16-9-5-4-8-15(16)10-11-20(17)12-14-6-2-1-3-7-14/h1-11H,12-13H2/q+1. The van der Waals surface area contributed by atoms with Gasteiger partial charge in [0.2, 0.25) is 0 Å². The molecule has 3 aromatic rings. The SMILES string of the molecule is O=C(OCBr)c1c2ccccc2cc[n+]1Cc1ccccc1.